The van der Waals surface area contributed by atoms with Crippen LogP contribution in [0.15, 0.2) is 21.9 Å². The van der Waals surface area contributed by atoms with Crippen molar-refractivity contribution in [3.63, 3.8) is 0 Å². The van der Waals surface area contributed by atoms with Crippen molar-refractivity contribution < 1.29 is 18.6 Å². The lowest BCUT2D eigenvalue weighted by atomic mass is 10.1. The molecule has 1 aromatic heterocycles. The number of alkyl halides is 1. The van der Waals surface area contributed by atoms with Gasteiger partial charge in [0.15, 0.2) is 12.4 Å². The molecule has 0 amide bonds. The first-order valence-electron chi connectivity index (χ1n) is 7.06. The Morgan fingerprint density at radius 2 is 2.22 bits per heavy atom. The molecule has 0 radical (unpaired) electrons. The van der Waals surface area contributed by atoms with E-state index in [0.717, 1.165) is 4.57 Å². The number of methoxy groups -OCH3 is 2. The van der Waals surface area contributed by atoms with Crippen molar-refractivity contribution in [2.24, 2.45) is 5.73 Å². The van der Waals surface area contributed by atoms with E-state index < -0.39 is 35.9 Å². The van der Waals surface area contributed by atoms with Gasteiger partial charge in [0.05, 0.1) is 12.2 Å². The Bertz CT molecular complexity index is 671. The second kappa shape index (κ2) is 7.64. The monoisotopic (exact) mass is 329 g/mol. The van der Waals surface area contributed by atoms with Crippen molar-refractivity contribution in [2.75, 3.05) is 27.4 Å². The Morgan fingerprint density at radius 3 is 2.83 bits per heavy atom. The first-order chi connectivity index (χ1) is 11.0. The summed E-state index contributed by atoms with van der Waals surface area (Å²) in [7, 11) is 2.81. The first-order valence-corrected chi connectivity index (χ1v) is 7.06. The van der Waals surface area contributed by atoms with Gasteiger partial charge in [-0.2, -0.15) is 0 Å². The average molecular weight is 329 g/mol. The van der Waals surface area contributed by atoms with E-state index >= 15 is 0 Å². The lowest BCUT2D eigenvalue weighted by Crippen LogP contribution is -2.37. The fourth-order valence-corrected chi connectivity index (χ4v) is 2.50. The zero-order chi connectivity index (χ0) is 17.0. The van der Waals surface area contributed by atoms with Crippen LogP contribution in [-0.2, 0) is 14.2 Å². The van der Waals surface area contributed by atoms with Crippen molar-refractivity contribution in [3.8, 4) is 0 Å². The lowest BCUT2D eigenvalue weighted by molar-refractivity contribution is -0.0625. The molecule has 128 valence electrons. The van der Waals surface area contributed by atoms with Gasteiger partial charge in [0.1, 0.15) is 12.2 Å². The third-order valence-corrected chi connectivity index (χ3v) is 3.57. The number of hydrogen-bond donors (Lipinski definition) is 2. The molecule has 4 atom stereocenters. The Balaban J connectivity index is 2.39. The minimum Gasteiger partial charge on any atom is -0.382 e. The van der Waals surface area contributed by atoms with Gasteiger partial charge < -0.3 is 19.9 Å². The zero-order valence-corrected chi connectivity index (χ0v) is 12.9. The highest BCUT2D eigenvalue weighted by Crippen LogP contribution is 2.32. The highest BCUT2D eigenvalue weighted by Gasteiger charge is 2.46. The van der Waals surface area contributed by atoms with Gasteiger partial charge in [-0.25, -0.2) is 9.18 Å². The van der Waals surface area contributed by atoms with Gasteiger partial charge in [0.25, 0.3) is 5.56 Å². The van der Waals surface area contributed by atoms with Crippen LogP contribution in [0.25, 0.3) is 6.08 Å². The van der Waals surface area contributed by atoms with Gasteiger partial charge in [-0.1, -0.05) is 12.2 Å². The maximum atomic E-state index is 14.6. The molecular weight excluding hydrogens is 309 g/mol. The maximum Gasteiger partial charge on any atom is 0.330 e. The van der Waals surface area contributed by atoms with E-state index in [9.17, 15) is 14.0 Å². The normalized spacial score (nSPS) is 27.8. The number of halogens is 1. The van der Waals surface area contributed by atoms with Crippen molar-refractivity contribution in [1.29, 1.82) is 0 Å². The lowest BCUT2D eigenvalue weighted by Gasteiger charge is -2.16. The molecule has 8 nitrogen and oxygen atoms in total. The van der Waals surface area contributed by atoms with Crippen molar-refractivity contribution in [3.05, 3.63) is 38.7 Å². The van der Waals surface area contributed by atoms with E-state index in [0.29, 0.717) is 0 Å². The summed E-state index contributed by atoms with van der Waals surface area (Å²) >= 11 is 0. The van der Waals surface area contributed by atoms with Crippen molar-refractivity contribution in [1.82, 2.24) is 9.55 Å². The van der Waals surface area contributed by atoms with Crippen LogP contribution in [0.5, 0.6) is 0 Å². The number of nitrogens with one attached hydrogen (secondary N) is 1. The van der Waals surface area contributed by atoms with Crippen LogP contribution in [0.3, 0.4) is 0 Å². The Hall–Kier alpha value is -1.81. The number of aromatic nitrogens is 2. The summed E-state index contributed by atoms with van der Waals surface area (Å²) in [6, 6.07) is 0. The van der Waals surface area contributed by atoms with Crippen LogP contribution in [-0.4, -0.2) is 55.3 Å². The molecule has 1 unspecified atom stereocenters. The molecule has 1 fully saturated rings. The summed E-state index contributed by atoms with van der Waals surface area (Å²) in [5.41, 5.74) is 4.17. The predicted octanol–water partition coefficient (Wildman–Crippen LogP) is -0.595. The van der Waals surface area contributed by atoms with Gasteiger partial charge in [-0.05, 0) is 0 Å². The number of aromatic amines is 1. The summed E-state index contributed by atoms with van der Waals surface area (Å²) < 4.78 is 31.2. The fourth-order valence-electron chi connectivity index (χ4n) is 2.50. The summed E-state index contributed by atoms with van der Waals surface area (Å²) in [4.78, 5) is 25.9. The molecule has 23 heavy (non-hydrogen) atoms. The van der Waals surface area contributed by atoms with Gasteiger partial charge in [0.2, 0.25) is 0 Å². The molecule has 1 aromatic rings. The van der Waals surface area contributed by atoms with E-state index in [1.807, 2.05) is 0 Å². The SMILES string of the molecule is COC[C@H]1OC(n2cc(/C=C/CN)c(=O)[nH]c2=O)[C@H](F)[C@@H]1OC. The number of hydrogen-bond acceptors (Lipinski definition) is 6. The summed E-state index contributed by atoms with van der Waals surface area (Å²) in [6.07, 6.45) is -0.0876. The topological polar surface area (TPSA) is 109 Å². The van der Waals surface area contributed by atoms with E-state index in [2.05, 4.69) is 4.98 Å². The molecule has 0 spiro atoms. The van der Waals surface area contributed by atoms with Crippen LogP contribution in [0.1, 0.15) is 11.8 Å². The zero-order valence-electron chi connectivity index (χ0n) is 12.9. The molecule has 1 aliphatic rings. The van der Waals surface area contributed by atoms with Gasteiger partial charge in [-0.3, -0.25) is 14.3 Å². The molecule has 0 aliphatic carbocycles. The third-order valence-electron chi connectivity index (χ3n) is 3.57. The average Bonchev–Trinajstić information content (AvgIpc) is 2.82. The summed E-state index contributed by atoms with van der Waals surface area (Å²) in [5, 5.41) is 0. The van der Waals surface area contributed by atoms with Gasteiger partial charge >= 0.3 is 5.69 Å². The van der Waals surface area contributed by atoms with E-state index in [1.165, 1.54) is 26.5 Å². The summed E-state index contributed by atoms with van der Waals surface area (Å²) in [5.74, 6) is 0. The van der Waals surface area contributed by atoms with E-state index in [-0.39, 0.29) is 18.7 Å². The third kappa shape index (κ3) is 3.58. The van der Waals surface area contributed by atoms with Crippen molar-refractivity contribution in [2.45, 2.75) is 24.6 Å². The second-order valence-corrected chi connectivity index (χ2v) is 5.05. The minimum absolute atomic E-state index is 0.119. The van der Waals surface area contributed by atoms with E-state index in [1.54, 1.807) is 6.08 Å². The van der Waals surface area contributed by atoms with Crippen LogP contribution in [0.4, 0.5) is 4.39 Å². The molecule has 1 saturated heterocycles. The number of nitrogens with zero attached hydrogens (tertiary/aromatic N) is 1. The standard InChI is InChI=1S/C14H20FN3O5/c1-21-7-9-11(22-2)10(15)13(23-9)18-6-8(4-3-5-16)12(19)17-14(18)20/h3-4,6,9-11,13H,5,7,16H2,1-2H3,(H,17,19,20)/b4-3+/t9-,10-,11-,13?/m1/s1. The Labute approximate surface area is 131 Å². The van der Waals surface area contributed by atoms with Gasteiger partial charge in [0, 0.05) is 27.0 Å². The number of H-pyrrole nitrogens is 1. The highest BCUT2D eigenvalue weighted by molar-refractivity contribution is 5.46. The second-order valence-electron chi connectivity index (χ2n) is 5.05. The predicted molar refractivity (Wildman–Crippen MR) is 80.9 cm³/mol. The molecule has 0 aromatic carbocycles. The van der Waals surface area contributed by atoms with Crippen LogP contribution in [0, 0.1) is 0 Å². The minimum atomic E-state index is -1.59. The highest BCUT2D eigenvalue weighted by atomic mass is 19.1. The quantitative estimate of drug-likeness (QED) is 0.722. The van der Waals surface area contributed by atoms with Crippen LogP contribution >= 0.6 is 0 Å². The van der Waals surface area contributed by atoms with Crippen LogP contribution in [0.2, 0.25) is 0 Å². The largest absolute Gasteiger partial charge is 0.382 e. The molecule has 0 saturated carbocycles. The van der Waals surface area contributed by atoms with E-state index in [4.69, 9.17) is 19.9 Å². The van der Waals surface area contributed by atoms with Gasteiger partial charge in [-0.15, -0.1) is 0 Å². The fraction of sp³-hybridized carbons (Fsp3) is 0.571. The molecule has 2 rings (SSSR count). The molecule has 3 N–H and O–H groups in total. The molecule has 9 heteroatoms. The molecular formula is C14H20FN3O5. The molecule has 1 aliphatic heterocycles. The first kappa shape index (κ1) is 17.5. The number of nitrogens with two attached hydrogens (primary N) is 1. The van der Waals surface area contributed by atoms with Crippen molar-refractivity contribution >= 4 is 6.08 Å². The smallest absolute Gasteiger partial charge is 0.330 e. The Morgan fingerprint density at radius 1 is 1.48 bits per heavy atom. The summed E-state index contributed by atoms with van der Waals surface area (Å²) in [6.45, 7) is 0.347. The molecule has 2 heterocycles. The number of ether oxygens (including phenoxy) is 3. The number of rotatable bonds is 6. The maximum absolute atomic E-state index is 14.6. The molecule has 0 bridgehead atoms. The van der Waals surface area contributed by atoms with Crippen LogP contribution < -0.4 is 17.0 Å². The Kier molecular flexibility index (Phi) is 5.83.